The van der Waals surface area contributed by atoms with Crippen molar-refractivity contribution < 1.29 is 4.74 Å². The Labute approximate surface area is 62.7 Å². The van der Waals surface area contributed by atoms with Crippen LogP contribution in [-0.2, 0) is 4.74 Å². The lowest BCUT2D eigenvalue weighted by atomic mass is 9.98. The van der Waals surface area contributed by atoms with Gasteiger partial charge in [0.25, 0.3) is 0 Å². The Balaban J connectivity index is 2.24. The number of ether oxygens (including phenoxy) is 1. The lowest BCUT2D eigenvalue weighted by Crippen LogP contribution is -2.30. The Kier molecular flexibility index (Phi) is 3.16. The van der Waals surface area contributed by atoms with Crippen molar-refractivity contribution in [1.29, 1.82) is 0 Å². The molecule has 1 unspecified atom stereocenters. The van der Waals surface area contributed by atoms with Crippen molar-refractivity contribution in [2.45, 2.75) is 32.3 Å². The number of hydrogen-bond acceptors (Lipinski definition) is 2. The second-order valence-electron chi connectivity index (χ2n) is 3.12. The highest BCUT2D eigenvalue weighted by Gasteiger charge is 2.18. The fourth-order valence-corrected chi connectivity index (χ4v) is 1.37. The predicted octanol–water partition coefficient (Wildman–Crippen LogP) is 1.15. The van der Waals surface area contributed by atoms with Gasteiger partial charge in [0.15, 0.2) is 0 Å². The summed E-state index contributed by atoms with van der Waals surface area (Å²) in [6.45, 7) is 3.86. The number of rotatable bonds is 2. The van der Waals surface area contributed by atoms with E-state index in [0.717, 1.165) is 13.2 Å². The molecule has 2 N–H and O–H groups in total. The van der Waals surface area contributed by atoms with Crippen molar-refractivity contribution in [3.05, 3.63) is 0 Å². The van der Waals surface area contributed by atoms with Gasteiger partial charge in [0.1, 0.15) is 0 Å². The van der Waals surface area contributed by atoms with Gasteiger partial charge >= 0.3 is 0 Å². The summed E-state index contributed by atoms with van der Waals surface area (Å²) < 4.78 is 5.55. The topological polar surface area (TPSA) is 35.2 Å². The van der Waals surface area contributed by atoms with Crippen LogP contribution in [0.4, 0.5) is 0 Å². The second-order valence-corrected chi connectivity index (χ2v) is 3.12. The monoisotopic (exact) mass is 143 g/mol. The molecule has 2 nitrogen and oxygen atoms in total. The molecule has 0 aromatic heterocycles. The average Bonchev–Trinajstić information content (AvgIpc) is 2.05. The normalized spacial score (nSPS) is 30.0. The van der Waals surface area contributed by atoms with Crippen molar-refractivity contribution >= 4 is 0 Å². The van der Waals surface area contributed by atoms with Gasteiger partial charge in [-0.2, -0.15) is 0 Å². The third-order valence-corrected chi connectivity index (χ3v) is 2.22. The van der Waals surface area contributed by atoms with E-state index in [1.54, 1.807) is 0 Å². The van der Waals surface area contributed by atoms with Crippen LogP contribution in [0.2, 0.25) is 0 Å². The van der Waals surface area contributed by atoms with Crippen molar-refractivity contribution in [3.8, 4) is 0 Å². The molecular weight excluding hydrogens is 126 g/mol. The molecule has 2 heteroatoms. The largest absolute Gasteiger partial charge is 0.378 e. The predicted molar refractivity (Wildman–Crippen MR) is 41.8 cm³/mol. The molecule has 1 fully saturated rings. The van der Waals surface area contributed by atoms with Gasteiger partial charge in [-0.25, -0.2) is 0 Å². The molecule has 0 amide bonds. The Morgan fingerprint density at radius 2 is 2.40 bits per heavy atom. The second kappa shape index (κ2) is 3.94. The molecule has 0 aromatic carbocycles. The SMILES string of the molecule is C[C@@H](CN)C1CCCCO1. The van der Waals surface area contributed by atoms with Crippen molar-refractivity contribution in [3.63, 3.8) is 0 Å². The Morgan fingerprint density at radius 3 is 2.90 bits per heavy atom. The lowest BCUT2D eigenvalue weighted by Gasteiger charge is -2.26. The molecule has 1 saturated heterocycles. The molecule has 1 aliphatic rings. The van der Waals surface area contributed by atoms with Crippen LogP contribution >= 0.6 is 0 Å². The lowest BCUT2D eigenvalue weighted by molar-refractivity contribution is -0.0138. The fraction of sp³-hybridized carbons (Fsp3) is 1.00. The summed E-state index contributed by atoms with van der Waals surface area (Å²) in [5.74, 6) is 0.542. The molecule has 0 bridgehead atoms. The first-order valence-electron chi connectivity index (χ1n) is 4.16. The number of nitrogens with two attached hydrogens (primary N) is 1. The first-order valence-corrected chi connectivity index (χ1v) is 4.16. The Bertz CT molecular complexity index is 89.3. The summed E-state index contributed by atoms with van der Waals surface area (Å²) >= 11 is 0. The van der Waals surface area contributed by atoms with Crippen LogP contribution in [0.5, 0.6) is 0 Å². The third-order valence-electron chi connectivity index (χ3n) is 2.22. The molecule has 10 heavy (non-hydrogen) atoms. The minimum Gasteiger partial charge on any atom is -0.378 e. The van der Waals surface area contributed by atoms with E-state index in [0.29, 0.717) is 12.0 Å². The molecule has 1 rings (SSSR count). The molecular formula is C8H17NO. The molecule has 0 aliphatic carbocycles. The zero-order chi connectivity index (χ0) is 7.40. The zero-order valence-electron chi connectivity index (χ0n) is 6.68. The number of hydrogen-bond donors (Lipinski definition) is 1. The van der Waals surface area contributed by atoms with Crippen LogP contribution in [0, 0.1) is 5.92 Å². The highest BCUT2D eigenvalue weighted by atomic mass is 16.5. The maximum absolute atomic E-state index is 5.55. The molecule has 0 aromatic rings. The van der Waals surface area contributed by atoms with Crippen molar-refractivity contribution in [2.24, 2.45) is 11.7 Å². The molecule has 0 radical (unpaired) electrons. The summed E-state index contributed by atoms with van der Waals surface area (Å²) in [5, 5.41) is 0. The van der Waals surface area contributed by atoms with Crippen LogP contribution in [0.1, 0.15) is 26.2 Å². The minimum absolute atomic E-state index is 0.443. The van der Waals surface area contributed by atoms with Crippen LogP contribution < -0.4 is 5.73 Å². The van der Waals surface area contributed by atoms with E-state index < -0.39 is 0 Å². The maximum Gasteiger partial charge on any atom is 0.0612 e. The molecule has 1 aliphatic heterocycles. The van der Waals surface area contributed by atoms with Gasteiger partial charge in [0, 0.05) is 6.61 Å². The zero-order valence-corrected chi connectivity index (χ0v) is 6.68. The van der Waals surface area contributed by atoms with Crippen LogP contribution in [0.25, 0.3) is 0 Å². The smallest absolute Gasteiger partial charge is 0.0612 e. The van der Waals surface area contributed by atoms with Gasteiger partial charge in [-0.15, -0.1) is 0 Å². The standard InChI is InChI=1S/C8H17NO/c1-7(6-9)8-4-2-3-5-10-8/h7-8H,2-6,9H2,1H3/t7-,8?/m0/s1. The summed E-state index contributed by atoms with van der Waals surface area (Å²) in [4.78, 5) is 0. The van der Waals surface area contributed by atoms with E-state index in [2.05, 4.69) is 6.92 Å². The third kappa shape index (κ3) is 1.96. The van der Waals surface area contributed by atoms with Gasteiger partial charge in [0.2, 0.25) is 0 Å². The summed E-state index contributed by atoms with van der Waals surface area (Å²) in [7, 11) is 0. The maximum atomic E-state index is 5.55. The first-order chi connectivity index (χ1) is 4.84. The summed E-state index contributed by atoms with van der Waals surface area (Å²) in [6, 6.07) is 0. The quantitative estimate of drug-likeness (QED) is 0.629. The van der Waals surface area contributed by atoms with Crippen LogP contribution in [-0.4, -0.2) is 19.3 Å². The molecule has 0 spiro atoms. The van der Waals surface area contributed by atoms with E-state index in [1.807, 2.05) is 0 Å². The van der Waals surface area contributed by atoms with Crippen molar-refractivity contribution in [1.82, 2.24) is 0 Å². The van der Waals surface area contributed by atoms with E-state index in [4.69, 9.17) is 10.5 Å². The molecule has 2 atom stereocenters. The summed E-state index contributed by atoms with van der Waals surface area (Å²) in [6.07, 6.45) is 4.19. The highest BCUT2D eigenvalue weighted by molar-refractivity contribution is 4.70. The fourth-order valence-electron chi connectivity index (χ4n) is 1.37. The van der Waals surface area contributed by atoms with E-state index in [-0.39, 0.29) is 0 Å². The Morgan fingerprint density at radius 1 is 1.60 bits per heavy atom. The van der Waals surface area contributed by atoms with Crippen molar-refractivity contribution in [2.75, 3.05) is 13.2 Å². The Hall–Kier alpha value is -0.0800. The van der Waals surface area contributed by atoms with Crippen LogP contribution in [0.3, 0.4) is 0 Å². The highest BCUT2D eigenvalue weighted by Crippen LogP contribution is 2.18. The van der Waals surface area contributed by atoms with Gasteiger partial charge < -0.3 is 10.5 Å². The minimum atomic E-state index is 0.443. The van der Waals surface area contributed by atoms with E-state index >= 15 is 0 Å². The summed E-state index contributed by atoms with van der Waals surface area (Å²) in [5.41, 5.74) is 5.52. The molecule has 0 saturated carbocycles. The van der Waals surface area contributed by atoms with Crippen LogP contribution in [0.15, 0.2) is 0 Å². The molecule has 60 valence electrons. The molecule has 1 heterocycles. The van der Waals surface area contributed by atoms with Gasteiger partial charge in [-0.3, -0.25) is 0 Å². The van der Waals surface area contributed by atoms with Gasteiger partial charge in [0.05, 0.1) is 6.10 Å². The first kappa shape index (κ1) is 8.02. The van der Waals surface area contributed by atoms with E-state index in [9.17, 15) is 0 Å². The van der Waals surface area contributed by atoms with Gasteiger partial charge in [-0.1, -0.05) is 6.92 Å². The average molecular weight is 143 g/mol. The van der Waals surface area contributed by atoms with E-state index in [1.165, 1.54) is 19.3 Å². The van der Waals surface area contributed by atoms with Gasteiger partial charge in [-0.05, 0) is 31.7 Å².